The quantitative estimate of drug-likeness (QED) is 0.706. The Hall–Kier alpha value is -1.02. The Labute approximate surface area is 78.7 Å². The molecule has 0 aliphatic carbocycles. The lowest BCUT2D eigenvalue weighted by Crippen LogP contribution is -2.24. The minimum absolute atomic E-state index is 0.190. The number of hydrogen-bond donors (Lipinski definition) is 1. The maximum Gasteiger partial charge on any atom is 0.126 e. The van der Waals surface area contributed by atoms with Crippen molar-refractivity contribution >= 4 is 0 Å². The Morgan fingerprint density at radius 2 is 2.23 bits per heavy atom. The summed E-state index contributed by atoms with van der Waals surface area (Å²) in [4.78, 5) is 0. The van der Waals surface area contributed by atoms with Gasteiger partial charge in [-0.05, 0) is 30.5 Å². The fourth-order valence-electron chi connectivity index (χ4n) is 1.76. The van der Waals surface area contributed by atoms with E-state index in [-0.39, 0.29) is 6.10 Å². The van der Waals surface area contributed by atoms with Gasteiger partial charge in [-0.25, -0.2) is 0 Å². The van der Waals surface area contributed by atoms with Gasteiger partial charge in [0.25, 0.3) is 0 Å². The van der Waals surface area contributed by atoms with Crippen molar-refractivity contribution in [1.29, 1.82) is 0 Å². The predicted molar refractivity (Wildman–Crippen MR) is 53.1 cm³/mol. The SMILES string of the molecule is Cc1ccc2c(c1C)O[C@H](CN)C2. The van der Waals surface area contributed by atoms with Crippen LogP contribution in [0.25, 0.3) is 0 Å². The van der Waals surface area contributed by atoms with E-state index in [4.69, 9.17) is 10.5 Å². The van der Waals surface area contributed by atoms with Crippen molar-refractivity contribution in [3.8, 4) is 5.75 Å². The third-order valence-electron chi connectivity index (χ3n) is 2.75. The van der Waals surface area contributed by atoms with Crippen molar-refractivity contribution in [2.45, 2.75) is 26.4 Å². The fraction of sp³-hybridized carbons (Fsp3) is 0.455. The van der Waals surface area contributed by atoms with Crippen LogP contribution in [0, 0.1) is 13.8 Å². The van der Waals surface area contributed by atoms with E-state index in [1.54, 1.807) is 0 Å². The van der Waals surface area contributed by atoms with Crippen LogP contribution < -0.4 is 10.5 Å². The zero-order chi connectivity index (χ0) is 9.42. The molecule has 13 heavy (non-hydrogen) atoms. The monoisotopic (exact) mass is 177 g/mol. The van der Waals surface area contributed by atoms with Crippen LogP contribution in [0.15, 0.2) is 12.1 Å². The second kappa shape index (κ2) is 3.04. The molecular weight excluding hydrogens is 162 g/mol. The molecule has 1 aromatic carbocycles. The normalized spacial score (nSPS) is 19.8. The standard InChI is InChI=1S/C11H15NO/c1-7-3-4-9-5-10(6-12)13-11(9)8(7)2/h3-4,10H,5-6,12H2,1-2H3/t10-/m0/s1. The summed E-state index contributed by atoms with van der Waals surface area (Å²) in [6, 6.07) is 4.30. The maximum atomic E-state index is 5.74. The van der Waals surface area contributed by atoms with Gasteiger partial charge in [0.15, 0.2) is 0 Å². The average molecular weight is 177 g/mol. The number of ether oxygens (including phenoxy) is 1. The lowest BCUT2D eigenvalue weighted by molar-refractivity contribution is 0.240. The molecule has 0 saturated heterocycles. The van der Waals surface area contributed by atoms with Crippen LogP contribution in [-0.2, 0) is 6.42 Å². The van der Waals surface area contributed by atoms with E-state index in [9.17, 15) is 0 Å². The molecule has 2 rings (SSSR count). The van der Waals surface area contributed by atoms with Crippen molar-refractivity contribution in [3.05, 3.63) is 28.8 Å². The summed E-state index contributed by atoms with van der Waals surface area (Å²) in [6.45, 7) is 4.81. The largest absolute Gasteiger partial charge is 0.488 e. The third kappa shape index (κ3) is 1.31. The van der Waals surface area contributed by atoms with Gasteiger partial charge < -0.3 is 10.5 Å². The Morgan fingerprint density at radius 1 is 1.46 bits per heavy atom. The van der Waals surface area contributed by atoms with Crippen molar-refractivity contribution < 1.29 is 4.74 Å². The predicted octanol–water partition coefficient (Wildman–Crippen LogP) is 1.57. The number of fused-ring (bicyclic) bond motifs is 1. The van der Waals surface area contributed by atoms with Crippen molar-refractivity contribution in [3.63, 3.8) is 0 Å². The summed E-state index contributed by atoms with van der Waals surface area (Å²) in [5, 5.41) is 0. The molecule has 2 N–H and O–H groups in total. The first-order valence-corrected chi connectivity index (χ1v) is 4.68. The lowest BCUT2D eigenvalue weighted by Gasteiger charge is -2.09. The lowest BCUT2D eigenvalue weighted by atomic mass is 10.0. The van der Waals surface area contributed by atoms with E-state index >= 15 is 0 Å². The summed E-state index contributed by atoms with van der Waals surface area (Å²) < 4.78 is 5.74. The molecule has 0 aromatic heterocycles. The smallest absolute Gasteiger partial charge is 0.126 e. The highest BCUT2D eigenvalue weighted by molar-refractivity contribution is 5.47. The molecule has 1 atom stereocenters. The van der Waals surface area contributed by atoms with Gasteiger partial charge in [0.2, 0.25) is 0 Å². The molecule has 1 aliphatic heterocycles. The minimum Gasteiger partial charge on any atom is -0.488 e. The summed E-state index contributed by atoms with van der Waals surface area (Å²) in [5.41, 5.74) is 9.43. The molecule has 0 amide bonds. The molecule has 2 nitrogen and oxygen atoms in total. The number of aryl methyl sites for hydroxylation is 1. The van der Waals surface area contributed by atoms with Crippen molar-refractivity contribution in [2.24, 2.45) is 5.73 Å². The fourth-order valence-corrected chi connectivity index (χ4v) is 1.76. The number of benzene rings is 1. The van der Waals surface area contributed by atoms with E-state index in [2.05, 4.69) is 26.0 Å². The van der Waals surface area contributed by atoms with Crippen molar-refractivity contribution in [1.82, 2.24) is 0 Å². The third-order valence-corrected chi connectivity index (χ3v) is 2.75. The van der Waals surface area contributed by atoms with E-state index in [1.807, 2.05) is 0 Å². The average Bonchev–Trinajstić information content (AvgIpc) is 2.55. The van der Waals surface area contributed by atoms with E-state index < -0.39 is 0 Å². The molecule has 2 heteroatoms. The van der Waals surface area contributed by atoms with E-state index in [1.165, 1.54) is 16.7 Å². The summed E-state index contributed by atoms with van der Waals surface area (Å²) in [5.74, 6) is 1.07. The number of hydrogen-bond acceptors (Lipinski definition) is 2. The van der Waals surface area contributed by atoms with Crippen LogP contribution in [0.3, 0.4) is 0 Å². The molecule has 0 unspecified atom stereocenters. The number of nitrogens with two attached hydrogens (primary N) is 1. The van der Waals surface area contributed by atoms with Gasteiger partial charge in [0, 0.05) is 13.0 Å². The van der Waals surface area contributed by atoms with Crippen LogP contribution in [0.4, 0.5) is 0 Å². The van der Waals surface area contributed by atoms with E-state index in [0.29, 0.717) is 6.54 Å². The zero-order valence-corrected chi connectivity index (χ0v) is 8.13. The highest BCUT2D eigenvalue weighted by atomic mass is 16.5. The molecule has 0 saturated carbocycles. The van der Waals surface area contributed by atoms with Gasteiger partial charge >= 0.3 is 0 Å². The van der Waals surface area contributed by atoms with Crippen LogP contribution >= 0.6 is 0 Å². The summed E-state index contributed by atoms with van der Waals surface area (Å²) in [7, 11) is 0. The molecule has 0 spiro atoms. The van der Waals surface area contributed by atoms with Gasteiger partial charge in [-0.1, -0.05) is 12.1 Å². The highest BCUT2D eigenvalue weighted by Crippen LogP contribution is 2.33. The van der Waals surface area contributed by atoms with Crippen molar-refractivity contribution in [2.75, 3.05) is 6.54 Å². The Balaban J connectivity index is 2.40. The minimum atomic E-state index is 0.190. The molecule has 0 radical (unpaired) electrons. The Morgan fingerprint density at radius 3 is 2.92 bits per heavy atom. The number of rotatable bonds is 1. The highest BCUT2D eigenvalue weighted by Gasteiger charge is 2.23. The van der Waals surface area contributed by atoms with Gasteiger partial charge in [-0.15, -0.1) is 0 Å². The van der Waals surface area contributed by atoms with Crippen LogP contribution in [0.5, 0.6) is 5.75 Å². The van der Waals surface area contributed by atoms with Gasteiger partial charge in [0.1, 0.15) is 11.9 Å². The van der Waals surface area contributed by atoms with Crippen LogP contribution in [0.2, 0.25) is 0 Å². The summed E-state index contributed by atoms with van der Waals surface area (Å²) >= 11 is 0. The second-order valence-electron chi connectivity index (χ2n) is 3.68. The zero-order valence-electron chi connectivity index (χ0n) is 8.13. The first-order valence-electron chi connectivity index (χ1n) is 4.68. The summed E-state index contributed by atoms with van der Waals surface area (Å²) in [6.07, 6.45) is 1.16. The molecule has 1 heterocycles. The van der Waals surface area contributed by atoms with E-state index in [0.717, 1.165) is 12.2 Å². The Kier molecular flexibility index (Phi) is 2.00. The van der Waals surface area contributed by atoms with Gasteiger partial charge in [0.05, 0.1) is 0 Å². The topological polar surface area (TPSA) is 35.2 Å². The second-order valence-corrected chi connectivity index (χ2v) is 3.68. The van der Waals surface area contributed by atoms with Gasteiger partial charge in [-0.3, -0.25) is 0 Å². The van der Waals surface area contributed by atoms with Gasteiger partial charge in [-0.2, -0.15) is 0 Å². The first kappa shape index (κ1) is 8.57. The molecule has 0 fully saturated rings. The molecule has 1 aliphatic rings. The molecule has 1 aromatic rings. The Bertz CT molecular complexity index is 333. The maximum absolute atomic E-state index is 5.74. The molecule has 70 valence electrons. The van der Waals surface area contributed by atoms with Crippen LogP contribution in [-0.4, -0.2) is 12.6 Å². The van der Waals surface area contributed by atoms with Crippen LogP contribution in [0.1, 0.15) is 16.7 Å². The molecule has 0 bridgehead atoms. The first-order chi connectivity index (χ1) is 6.22. The molecular formula is C11H15NO.